The van der Waals surface area contributed by atoms with Crippen molar-refractivity contribution in [2.75, 3.05) is 18.6 Å². The van der Waals surface area contributed by atoms with Crippen molar-refractivity contribution in [1.82, 2.24) is 25.1 Å². The molecular formula is C36H48N6O4. The Bertz CT molecular complexity index is 1500. The molecule has 3 fully saturated rings. The van der Waals surface area contributed by atoms with Crippen LogP contribution in [0.5, 0.6) is 5.75 Å². The number of aromatic nitrogens is 4. The molecule has 246 valence electrons. The zero-order valence-electron chi connectivity index (χ0n) is 27.7. The molecule has 3 saturated carbocycles. The highest BCUT2D eigenvalue weighted by molar-refractivity contribution is 5.94. The van der Waals surface area contributed by atoms with E-state index in [0.29, 0.717) is 49.9 Å². The fraction of sp³-hybridized carbons (Fsp3) is 0.583. The summed E-state index contributed by atoms with van der Waals surface area (Å²) in [6.45, 7) is 6.85. The Morgan fingerprint density at radius 1 is 1.00 bits per heavy atom. The number of methoxy groups -OCH3 is 1. The van der Waals surface area contributed by atoms with Crippen molar-refractivity contribution in [3.05, 3.63) is 54.2 Å². The van der Waals surface area contributed by atoms with Gasteiger partial charge in [0.15, 0.2) is 0 Å². The molecule has 1 N–H and O–H groups in total. The van der Waals surface area contributed by atoms with Gasteiger partial charge in [-0.05, 0) is 121 Å². The van der Waals surface area contributed by atoms with Crippen LogP contribution < -0.4 is 15.0 Å². The number of nitrogens with zero attached hydrogens (tertiary/aromatic N) is 5. The summed E-state index contributed by atoms with van der Waals surface area (Å²) in [6, 6.07) is 8.67. The maximum atomic E-state index is 14.3. The van der Waals surface area contributed by atoms with Crippen LogP contribution in [0.15, 0.2) is 42.9 Å². The molecular weight excluding hydrogens is 580 g/mol. The number of anilines is 1. The molecule has 6 rings (SSSR count). The second-order valence-electron chi connectivity index (χ2n) is 13.7. The number of carbonyl (C=O) groups excluding carboxylic acids is 2. The number of hydrogen-bond acceptors (Lipinski definition) is 7. The molecule has 0 bridgehead atoms. The summed E-state index contributed by atoms with van der Waals surface area (Å²) in [5.74, 6) is 2.30. The molecule has 3 aromatic heterocycles. The Kier molecular flexibility index (Phi) is 9.89. The molecule has 0 saturated heterocycles. The van der Waals surface area contributed by atoms with Gasteiger partial charge in [0.2, 0.25) is 5.91 Å². The molecule has 10 nitrogen and oxygen atoms in total. The quantitative estimate of drug-likeness (QED) is 0.258. The summed E-state index contributed by atoms with van der Waals surface area (Å²) in [5.41, 5.74) is 4.06. The lowest BCUT2D eigenvalue weighted by molar-refractivity contribution is -0.124. The normalized spacial score (nSPS) is 23.2. The van der Waals surface area contributed by atoms with E-state index in [9.17, 15) is 9.59 Å². The van der Waals surface area contributed by atoms with Crippen molar-refractivity contribution in [1.29, 1.82) is 0 Å². The lowest BCUT2D eigenvalue weighted by Crippen LogP contribution is -2.42. The van der Waals surface area contributed by atoms with Crippen LogP contribution in [0.4, 0.5) is 10.6 Å². The third kappa shape index (κ3) is 7.70. The van der Waals surface area contributed by atoms with Crippen LogP contribution in [0, 0.1) is 18.8 Å². The van der Waals surface area contributed by atoms with E-state index in [1.165, 1.54) is 0 Å². The van der Waals surface area contributed by atoms with Gasteiger partial charge in [-0.25, -0.2) is 9.78 Å². The van der Waals surface area contributed by atoms with E-state index in [-0.39, 0.29) is 36.1 Å². The minimum Gasteiger partial charge on any atom is -0.495 e. The summed E-state index contributed by atoms with van der Waals surface area (Å²) in [4.78, 5) is 38.0. The average Bonchev–Trinajstić information content (AvgIpc) is 3.73. The van der Waals surface area contributed by atoms with E-state index in [4.69, 9.17) is 19.4 Å². The number of nitrogens with one attached hydrogen (secondary N) is 1. The van der Waals surface area contributed by atoms with Crippen molar-refractivity contribution in [2.24, 2.45) is 11.8 Å². The second-order valence-corrected chi connectivity index (χ2v) is 13.7. The molecule has 0 aliphatic heterocycles. The highest BCUT2D eigenvalue weighted by Crippen LogP contribution is 2.38. The monoisotopic (exact) mass is 628 g/mol. The zero-order chi connectivity index (χ0) is 32.2. The smallest absolute Gasteiger partial charge is 0.407 e. The van der Waals surface area contributed by atoms with Crippen molar-refractivity contribution in [2.45, 2.75) is 109 Å². The number of ether oxygens (including phenoxy) is 2. The predicted molar refractivity (Wildman–Crippen MR) is 177 cm³/mol. The van der Waals surface area contributed by atoms with Crippen LogP contribution in [-0.4, -0.2) is 57.5 Å². The van der Waals surface area contributed by atoms with Gasteiger partial charge in [-0.3, -0.25) is 19.4 Å². The number of aryl methyl sites for hydroxylation is 1. The molecule has 3 heterocycles. The van der Waals surface area contributed by atoms with Gasteiger partial charge in [0.1, 0.15) is 17.7 Å². The standard InChI is InChI=1S/C36H48N6O4/c1-23(2)42-22-29(20-38-42)28-17-18-37-34(19-28)41(35(43)27-9-13-31(14-10-27)46-36(44)40-30-11-12-30)21-25-5-7-26(8-6-25)32-15-16-33(45-4)24(3)39-32/h15-20,22-23,25-27,30-31H,5-14,21H2,1-4H3,(H,40,44). The largest absolute Gasteiger partial charge is 0.495 e. The van der Waals surface area contributed by atoms with Crippen LogP contribution in [0.2, 0.25) is 0 Å². The van der Waals surface area contributed by atoms with Gasteiger partial charge in [0, 0.05) is 54.1 Å². The molecule has 46 heavy (non-hydrogen) atoms. The van der Waals surface area contributed by atoms with Crippen LogP contribution in [0.25, 0.3) is 11.1 Å². The van der Waals surface area contributed by atoms with E-state index < -0.39 is 0 Å². The first-order valence-corrected chi connectivity index (χ1v) is 17.1. The van der Waals surface area contributed by atoms with E-state index in [1.807, 2.05) is 47.1 Å². The van der Waals surface area contributed by atoms with Gasteiger partial charge in [-0.2, -0.15) is 5.10 Å². The fourth-order valence-corrected chi connectivity index (χ4v) is 6.95. The Hall–Kier alpha value is -3.95. The minimum atomic E-state index is -0.323. The summed E-state index contributed by atoms with van der Waals surface area (Å²) >= 11 is 0. The van der Waals surface area contributed by atoms with Gasteiger partial charge in [-0.15, -0.1) is 0 Å². The number of alkyl carbamates (subject to hydrolysis) is 1. The van der Waals surface area contributed by atoms with Gasteiger partial charge in [0.25, 0.3) is 0 Å². The summed E-state index contributed by atoms with van der Waals surface area (Å²) in [7, 11) is 1.68. The molecule has 3 aromatic rings. The van der Waals surface area contributed by atoms with Crippen molar-refractivity contribution >= 4 is 17.8 Å². The highest BCUT2D eigenvalue weighted by atomic mass is 16.6. The summed E-state index contributed by atoms with van der Waals surface area (Å²) in [5, 5.41) is 7.43. The fourth-order valence-electron chi connectivity index (χ4n) is 6.95. The molecule has 2 amide bonds. The molecule has 0 unspecified atom stereocenters. The molecule has 0 radical (unpaired) electrons. The van der Waals surface area contributed by atoms with Crippen molar-refractivity contribution in [3.63, 3.8) is 0 Å². The third-order valence-corrected chi connectivity index (χ3v) is 9.93. The van der Waals surface area contributed by atoms with E-state index in [0.717, 1.165) is 66.8 Å². The lowest BCUT2D eigenvalue weighted by atomic mass is 9.79. The number of hydrogen-bond donors (Lipinski definition) is 1. The van der Waals surface area contributed by atoms with Gasteiger partial charge in [-0.1, -0.05) is 0 Å². The first-order valence-electron chi connectivity index (χ1n) is 17.1. The van der Waals surface area contributed by atoms with Gasteiger partial charge in [0.05, 0.1) is 19.0 Å². The average molecular weight is 629 g/mol. The van der Waals surface area contributed by atoms with E-state index in [2.05, 4.69) is 30.3 Å². The highest BCUT2D eigenvalue weighted by Gasteiger charge is 2.35. The Morgan fingerprint density at radius 3 is 2.41 bits per heavy atom. The van der Waals surface area contributed by atoms with Gasteiger partial charge >= 0.3 is 6.09 Å². The number of rotatable bonds is 10. The van der Waals surface area contributed by atoms with Gasteiger partial charge < -0.3 is 14.8 Å². The van der Waals surface area contributed by atoms with Crippen molar-refractivity contribution in [3.8, 4) is 16.9 Å². The Balaban J connectivity index is 1.15. The lowest BCUT2D eigenvalue weighted by Gasteiger charge is -2.35. The zero-order valence-corrected chi connectivity index (χ0v) is 27.7. The number of amides is 2. The van der Waals surface area contributed by atoms with E-state index in [1.54, 1.807) is 13.3 Å². The predicted octanol–water partition coefficient (Wildman–Crippen LogP) is 6.99. The number of pyridine rings is 2. The Labute approximate surface area is 272 Å². The topological polar surface area (TPSA) is 111 Å². The van der Waals surface area contributed by atoms with Crippen LogP contribution >= 0.6 is 0 Å². The molecule has 3 aliphatic rings. The first kappa shape index (κ1) is 32.0. The minimum absolute atomic E-state index is 0.122. The maximum absolute atomic E-state index is 14.3. The molecule has 0 spiro atoms. The summed E-state index contributed by atoms with van der Waals surface area (Å²) in [6.07, 6.45) is 14.3. The molecule has 0 aromatic carbocycles. The second kappa shape index (κ2) is 14.2. The molecule has 0 atom stereocenters. The SMILES string of the molecule is COc1ccc(C2CCC(CN(C(=O)C3CCC(OC(=O)NC4CC4)CC3)c3cc(-c4cnn(C(C)C)c4)ccn3)CC2)nc1C. The first-order chi connectivity index (χ1) is 22.3. The number of carbonyl (C=O) groups is 2. The van der Waals surface area contributed by atoms with E-state index >= 15 is 0 Å². The van der Waals surface area contributed by atoms with Crippen LogP contribution in [-0.2, 0) is 9.53 Å². The molecule has 10 heteroatoms. The third-order valence-electron chi connectivity index (χ3n) is 9.93. The molecule has 3 aliphatic carbocycles. The van der Waals surface area contributed by atoms with Crippen molar-refractivity contribution < 1.29 is 19.1 Å². The Morgan fingerprint density at radius 2 is 1.76 bits per heavy atom. The van der Waals surface area contributed by atoms with Crippen LogP contribution in [0.3, 0.4) is 0 Å². The maximum Gasteiger partial charge on any atom is 0.407 e. The summed E-state index contributed by atoms with van der Waals surface area (Å²) < 4.78 is 13.0. The van der Waals surface area contributed by atoms with Crippen LogP contribution in [0.1, 0.15) is 101 Å².